The zero-order valence-electron chi connectivity index (χ0n) is 10.5. The quantitative estimate of drug-likeness (QED) is 0.940. The minimum Gasteiger partial charge on any atom is -0.497 e. The number of halogens is 3. The molecule has 0 bridgehead atoms. The first kappa shape index (κ1) is 14.2. The molecule has 4 nitrogen and oxygen atoms in total. The van der Waals surface area contributed by atoms with Gasteiger partial charge in [0.1, 0.15) is 5.75 Å². The van der Waals surface area contributed by atoms with Crippen LogP contribution in [0.4, 0.5) is 13.2 Å². The molecule has 0 aliphatic rings. The van der Waals surface area contributed by atoms with E-state index in [1.165, 1.54) is 17.9 Å². The predicted octanol–water partition coefficient (Wildman–Crippen LogP) is 2.91. The number of alkyl halides is 3. The second-order valence-electron chi connectivity index (χ2n) is 4.33. The summed E-state index contributed by atoms with van der Waals surface area (Å²) in [6.45, 7) is -0.658. The van der Waals surface area contributed by atoms with E-state index < -0.39 is 24.6 Å². The van der Waals surface area contributed by atoms with Crippen molar-refractivity contribution in [2.75, 3.05) is 7.11 Å². The van der Waals surface area contributed by atoms with E-state index in [0.717, 1.165) is 0 Å². The third-order valence-corrected chi connectivity index (χ3v) is 3.05. The summed E-state index contributed by atoms with van der Waals surface area (Å²) in [5, 5.41) is 9.40. The summed E-state index contributed by atoms with van der Waals surface area (Å²) in [5.41, 5.74) is 0.529. The average molecular weight is 287 g/mol. The Bertz CT molecular complexity index is 633. The van der Waals surface area contributed by atoms with Crippen molar-refractivity contribution in [3.05, 3.63) is 30.5 Å². The molecule has 1 aromatic heterocycles. The van der Waals surface area contributed by atoms with Crippen LogP contribution in [0.3, 0.4) is 0 Å². The van der Waals surface area contributed by atoms with Crippen LogP contribution >= 0.6 is 0 Å². The minimum absolute atomic E-state index is 0.529. The molecule has 1 N–H and O–H groups in total. The highest BCUT2D eigenvalue weighted by atomic mass is 19.4. The van der Waals surface area contributed by atoms with Crippen LogP contribution in [0.25, 0.3) is 10.9 Å². The normalized spacial score (nSPS) is 13.4. The van der Waals surface area contributed by atoms with Crippen LogP contribution in [0, 0.1) is 5.92 Å². The number of rotatable bonds is 4. The maximum Gasteiger partial charge on any atom is 0.403 e. The molecule has 1 unspecified atom stereocenters. The Balaban J connectivity index is 2.36. The van der Waals surface area contributed by atoms with E-state index >= 15 is 0 Å². The van der Waals surface area contributed by atoms with Crippen molar-refractivity contribution in [3.63, 3.8) is 0 Å². The van der Waals surface area contributed by atoms with E-state index in [2.05, 4.69) is 0 Å². The zero-order valence-corrected chi connectivity index (χ0v) is 10.5. The summed E-state index contributed by atoms with van der Waals surface area (Å²) in [6, 6.07) is 6.51. The first-order valence-electron chi connectivity index (χ1n) is 5.75. The molecule has 7 heteroatoms. The lowest BCUT2D eigenvalue weighted by Gasteiger charge is -2.17. The summed E-state index contributed by atoms with van der Waals surface area (Å²) < 4.78 is 44.3. The highest BCUT2D eigenvalue weighted by molar-refractivity contribution is 5.82. The SMILES string of the molecule is COc1ccc2c(ccn2CC(C(=O)O)C(F)(F)F)c1. The number of aliphatic carboxylic acids is 1. The average Bonchev–Trinajstić information content (AvgIpc) is 2.76. The van der Waals surface area contributed by atoms with E-state index in [1.54, 1.807) is 24.3 Å². The van der Waals surface area contributed by atoms with Gasteiger partial charge in [0.15, 0.2) is 5.92 Å². The lowest BCUT2D eigenvalue weighted by Crippen LogP contribution is -2.34. The van der Waals surface area contributed by atoms with Gasteiger partial charge in [-0.2, -0.15) is 13.2 Å². The standard InChI is InChI=1S/C13H12F3NO3/c1-20-9-2-3-11-8(6-9)4-5-17(11)7-10(12(18)19)13(14,15)16/h2-6,10H,7H2,1H3,(H,18,19). The number of aromatic nitrogens is 1. The van der Waals surface area contributed by atoms with Crippen LogP contribution in [0.1, 0.15) is 0 Å². The molecule has 2 rings (SSSR count). The Morgan fingerprint density at radius 2 is 2.10 bits per heavy atom. The Labute approximate surface area is 112 Å². The van der Waals surface area contributed by atoms with Crippen molar-refractivity contribution >= 4 is 16.9 Å². The van der Waals surface area contributed by atoms with Gasteiger partial charge in [0, 0.05) is 23.6 Å². The molecule has 0 aliphatic carbocycles. The van der Waals surface area contributed by atoms with E-state index in [9.17, 15) is 18.0 Å². The van der Waals surface area contributed by atoms with Crippen molar-refractivity contribution in [2.24, 2.45) is 5.92 Å². The molecule has 0 radical (unpaired) electrons. The Kier molecular flexibility index (Phi) is 3.61. The molecule has 0 aliphatic heterocycles. The highest BCUT2D eigenvalue weighted by Crippen LogP contribution is 2.30. The van der Waals surface area contributed by atoms with E-state index in [1.807, 2.05) is 0 Å². The molecule has 20 heavy (non-hydrogen) atoms. The van der Waals surface area contributed by atoms with Crippen molar-refractivity contribution < 1.29 is 27.8 Å². The lowest BCUT2D eigenvalue weighted by molar-refractivity contribution is -0.195. The van der Waals surface area contributed by atoms with Gasteiger partial charge in [-0.05, 0) is 24.3 Å². The Morgan fingerprint density at radius 3 is 2.65 bits per heavy atom. The molecule has 0 fully saturated rings. The van der Waals surface area contributed by atoms with Crippen molar-refractivity contribution in [1.29, 1.82) is 0 Å². The second kappa shape index (κ2) is 5.07. The van der Waals surface area contributed by atoms with Crippen LogP contribution in [0.5, 0.6) is 5.75 Å². The predicted molar refractivity (Wildman–Crippen MR) is 65.7 cm³/mol. The number of ether oxygens (including phenoxy) is 1. The molecule has 0 saturated heterocycles. The molecule has 0 amide bonds. The van der Waals surface area contributed by atoms with Crippen LogP contribution in [-0.4, -0.2) is 28.9 Å². The second-order valence-corrected chi connectivity index (χ2v) is 4.33. The Morgan fingerprint density at radius 1 is 1.40 bits per heavy atom. The molecule has 1 heterocycles. The number of benzene rings is 1. The molecular formula is C13H12F3NO3. The monoisotopic (exact) mass is 287 g/mol. The largest absolute Gasteiger partial charge is 0.497 e. The molecule has 1 atom stereocenters. The molecule has 0 saturated carbocycles. The van der Waals surface area contributed by atoms with Gasteiger partial charge in [0.05, 0.1) is 7.11 Å². The van der Waals surface area contributed by atoms with Crippen molar-refractivity contribution in [3.8, 4) is 5.75 Å². The van der Waals surface area contributed by atoms with Gasteiger partial charge in [-0.15, -0.1) is 0 Å². The van der Waals surface area contributed by atoms with Gasteiger partial charge in [0.25, 0.3) is 0 Å². The number of carboxylic acids is 1. The topological polar surface area (TPSA) is 51.5 Å². The number of methoxy groups -OCH3 is 1. The third kappa shape index (κ3) is 2.71. The maximum atomic E-state index is 12.7. The first-order chi connectivity index (χ1) is 9.32. The summed E-state index contributed by atoms with van der Waals surface area (Å²) in [5.74, 6) is -3.73. The molecule has 2 aromatic rings. The Hall–Kier alpha value is -2.18. The number of fused-ring (bicyclic) bond motifs is 1. The molecule has 1 aromatic carbocycles. The van der Waals surface area contributed by atoms with Gasteiger partial charge in [0.2, 0.25) is 0 Å². The van der Waals surface area contributed by atoms with E-state index in [-0.39, 0.29) is 0 Å². The van der Waals surface area contributed by atoms with E-state index in [4.69, 9.17) is 9.84 Å². The zero-order chi connectivity index (χ0) is 14.9. The van der Waals surface area contributed by atoms with Gasteiger partial charge in [-0.1, -0.05) is 0 Å². The molecule has 0 spiro atoms. The fourth-order valence-corrected chi connectivity index (χ4v) is 1.98. The smallest absolute Gasteiger partial charge is 0.403 e. The summed E-state index contributed by atoms with van der Waals surface area (Å²) in [7, 11) is 1.49. The molecule has 108 valence electrons. The first-order valence-corrected chi connectivity index (χ1v) is 5.75. The number of carbonyl (C=O) groups is 1. The van der Waals surface area contributed by atoms with Crippen LogP contribution in [0.2, 0.25) is 0 Å². The van der Waals surface area contributed by atoms with Crippen LogP contribution < -0.4 is 4.74 Å². The van der Waals surface area contributed by atoms with Gasteiger partial charge in [-0.25, -0.2) is 0 Å². The molecular weight excluding hydrogens is 275 g/mol. The number of nitrogens with zero attached hydrogens (tertiary/aromatic N) is 1. The highest BCUT2D eigenvalue weighted by Gasteiger charge is 2.45. The fraction of sp³-hybridized carbons (Fsp3) is 0.308. The fourth-order valence-electron chi connectivity index (χ4n) is 1.98. The summed E-state index contributed by atoms with van der Waals surface area (Å²) in [4.78, 5) is 10.8. The summed E-state index contributed by atoms with van der Waals surface area (Å²) in [6.07, 6.45) is -3.35. The van der Waals surface area contributed by atoms with Gasteiger partial charge < -0.3 is 14.4 Å². The summed E-state index contributed by atoms with van der Waals surface area (Å²) >= 11 is 0. The number of hydrogen-bond donors (Lipinski definition) is 1. The van der Waals surface area contributed by atoms with Crippen LogP contribution in [0.15, 0.2) is 30.5 Å². The maximum absolute atomic E-state index is 12.7. The number of carboxylic acid groups (broad SMARTS) is 1. The lowest BCUT2D eigenvalue weighted by atomic mass is 10.1. The van der Waals surface area contributed by atoms with E-state index in [0.29, 0.717) is 16.7 Å². The van der Waals surface area contributed by atoms with Gasteiger partial charge >= 0.3 is 12.1 Å². The minimum atomic E-state index is -4.78. The van der Waals surface area contributed by atoms with Crippen molar-refractivity contribution in [1.82, 2.24) is 4.57 Å². The third-order valence-electron chi connectivity index (χ3n) is 3.05. The van der Waals surface area contributed by atoms with Crippen LogP contribution in [-0.2, 0) is 11.3 Å². The van der Waals surface area contributed by atoms with Crippen molar-refractivity contribution in [2.45, 2.75) is 12.7 Å². The van der Waals surface area contributed by atoms with Gasteiger partial charge in [-0.3, -0.25) is 4.79 Å². The number of hydrogen-bond acceptors (Lipinski definition) is 2.